The molecule has 1 saturated heterocycles. The zero-order chi connectivity index (χ0) is 21.9. The molecule has 1 heterocycles. The van der Waals surface area contributed by atoms with E-state index in [-0.39, 0.29) is 23.1 Å². The summed E-state index contributed by atoms with van der Waals surface area (Å²) in [6.07, 6.45) is 0.559. The molecule has 1 aliphatic heterocycles. The normalized spacial score (nSPS) is 15.7. The van der Waals surface area contributed by atoms with Crippen LogP contribution in [0.5, 0.6) is 5.75 Å². The van der Waals surface area contributed by atoms with Crippen molar-refractivity contribution in [2.75, 3.05) is 28.5 Å². The van der Waals surface area contributed by atoms with Gasteiger partial charge in [0.2, 0.25) is 10.0 Å². The van der Waals surface area contributed by atoms with Crippen molar-refractivity contribution in [1.82, 2.24) is 4.90 Å². The van der Waals surface area contributed by atoms with E-state index < -0.39 is 10.0 Å². The summed E-state index contributed by atoms with van der Waals surface area (Å²) in [4.78, 5) is 15.0. The molecule has 3 rings (SSSR count). The van der Waals surface area contributed by atoms with Crippen LogP contribution in [0.3, 0.4) is 0 Å². The summed E-state index contributed by atoms with van der Waals surface area (Å²) in [5, 5.41) is 12.8. The van der Waals surface area contributed by atoms with Crippen LogP contribution in [-0.2, 0) is 16.6 Å². The molecule has 7 nitrogen and oxygen atoms in total. The van der Waals surface area contributed by atoms with Gasteiger partial charge in [-0.15, -0.1) is 0 Å². The summed E-state index contributed by atoms with van der Waals surface area (Å²) in [5.41, 5.74) is 2.20. The number of phenolic OH excluding ortho intramolecular Hbond substituents is 1. The molecular formula is C22H29N3O4S. The van der Waals surface area contributed by atoms with Crippen molar-refractivity contribution >= 4 is 27.3 Å². The van der Waals surface area contributed by atoms with Gasteiger partial charge in [-0.05, 0) is 62.7 Å². The third-order valence-electron chi connectivity index (χ3n) is 5.35. The monoisotopic (exact) mass is 431 g/mol. The zero-order valence-electron chi connectivity index (χ0n) is 17.6. The van der Waals surface area contributed by atoms with Crippen LogP contribution in [0.2, 0.25) is 0 Å². The Morgan fingerprint density at radius 3 is 2.47 bits per heavy atom. The molecule has 0 atom stereocenters. The van der Waals surface area contributed by atoms with E-state index in [1.807, 2.05) is 12.1 Å². The molecule has 2 aromatic carbocycles. The van der Waals surface area contributed by atoms with Crippen LogP contribution < -0.4 is 9.62 Å². The van der Waals surface area contributed by atoms with Crippen LogP contribution in [-0.4, -0.2) is 49.2 Å². The number of carbonyl (C=O) groups is 1. The highest BCUT2D eigenvalue weighted by atomic mass is 32.2. The smallest absolute Gasteiger partial charge is 0.255 e. The highest BCUT2D eigenvalue weighted by Gasteiger charge is 2.29. The van der Waals surface area contributed by atoms with E-state index in [0.717, 1.165) is 18.7 Å². The van der Waals surface area contributed by atoms with Crippen molar-refractivity contribution in [1.29, 1.82) is 0 Å². The van der Waals surface area contributed by atoms with E-state index in [1.54, 1.807) is 12.1 Å². The molecule has 0 saturated carbocycles. The molecular weight excluding hydrogens is 402 g/mol. The van der Waals surface area contributed by atoms with Crippen LogP contribution in [0.4, 0.5) is 11.4 Å². The molecule has 2 aromatic rings. The first-order chi connectivity index (χ1) is 14.2. The number of amides is 1. The van der Waals surface area contributed by atoms with Gasteiger partial charge in [0.15, 0.2) is 0 Å². The largest absolute Gasteiger partial charge is 0.506 e. The Kier molecular flexibility index (Phi) is 6.67. The number of sulfonamides is 1. The zero-order valence-corrected chi connectivity index (χ0v) is 18.4. The number of carbonyl (C=O) groups excluding carboxylic acids is 1. The van der Waals surface area contributed by atoms with E-state index in [0.29, 0.717) is 30.3 Å². The number of nitrogens with zero attached hydrogens (tertiary/aromatic N) is 2. The molecule has 162 valence electrons. The first-order valence-corrected chi connectivity index (χ1v) is 11.8. The van der Waals surface area contributed by atoms with E-state index in [2.05, 4.69) is 31.0 Å². The molecule has 8 heteroatoms. The molecule has 1 aliphatic rings. The fraction of sp³-hybridized carbons (Fsp3) is 0.409. The average Bonchev–Trinajstić information content (AvgIpc) is 3.07. The van der Waals surface area contributed by atoms with Gasteiger partial charge in [-0.3, -0.25) is 14.0 Å². The first-order valence-electron chi connectivity index (χ1n) is 10.2. The lowest BCUT2D eigenvalue weighted by atomic mass is 10.1. The highest BCUT2D eigenvalue weighted by molar-refractivity contribution is 7.93. The van der Waals surface area contributed by atoms with Gasteiger partial charge < -0.3 is 10.4 Å². The second-order valence-electron chi connectivity index (χ2n) is 7.75. The van der Waals surface area contributed by atoms with Gasteiger partial charge in [0.05, 0.1) is 17.1 Å². The maximum atomic E-state index is 12.7. The molecule has 0 unspecified atom stereocenters. The SMILES string of the molecule is CCN(Cc1ccc(C(=O)Nc2cc(N3CCCS3(=O)=O)ccc2O)cc1)C(C)C. The summed E-state index contributed by atoms with van der Waals surface area (Å²) >= 11 is 0. The number of hydrogen-bond donors (Lipinski definition) is 2. The van der Waals surface area contributed by atoms with Gasteiger partial charge in [-0.1, -0.05) is 19.1 Å². The van der Waals surface area contributed by atoms with Crippen LogP contribution in [0.15, 0.2) is 42.5 Å². The van der Waals surface area contributed by atoms with E-state index >= 15 is 0 Å². The Morgan fingerprint density at radius 1 is 1.20 bits per heavy atom. The van der Waals surface area contributed by atoms with Crippen molar-refractivity contribution in [2.24, 2.45) is 0 Å². The van der Waals surface area contributed by atoms with Crippen molar-refractivity contribution in [3.8, 4) is 5.75 Å². The number of anilines is 2. The molecule has 0 aliphatic carbocycles. The lowest BCUT2D eigenvalue weighted by Crippen LogP contribution is -2.29. The van der Waals surface area contributed by atoms with Gasteiger partial charge in [-0.2, -0.15) is 0 Å². The number of aromatic hydroxyl groups is 1. The maximum absolute atomic E-state index is 12.7. The van der Waals surface area contributed by atoms with Gasteiger partial charge in [0.1, 0.15) is 5.75 Å². The van der Waals surface area contributed by atoms with Crippen LogP contribution in [0.1, 0.15) is 43.1 Å². The van der Waals surface area contributed by atoms with Gasteiger partial charge in [0, 0.05) is 24.7 Å². The van der Waals surface area contributed by atoms with Crippen LogP contribution in [0.25, 0.3) is 0 Å². The van der Waals surface area contributed by atoms with Gasteiger partial charge in [0.25, 0.3) is 5.91 Å². The minimum Gasteiger partial charge on any atom is -0.506 e. The van der Waals surface area contributed by atoms with Crippen molar-refractivity contribution in [3.05, 3.63) is 53.6 Å². The predicted octanol–water partition coefficient (Wildman–Crippen LogP) is 3.41. The predicted molar refractivity (Wildman–Crippen MR) is 119 cm³/mol. The quantitative estimate of drug-likeness (QED) is 0.656. The Hall–Kier alpha value is -2.58. The summed E-state index contributed by atoms with van der Waals surface area (Å²) in [7, 11) is -3.34. The third kappa shape index (κ3) is 4.94. The molecule has 0 bridgehead atoms. The minimum absolute atomic E-state index is 0.105. The second-order valence-corrected chi connectivity index (χ2v) is 9.76. The maximum Gasteiger partial charge on any atom is 0.255 e. The number of hydrogen-bond acceptors (Lipinski definition) is 5. The number of rotatable bonds is 7. The number of nitrogens with one attached hydrogen (secondary N) is 1. The Morgan fingerprint density at radius 2 is 1.90 bits per heavy atom. The standard InChI is InChI=1S/C22H29N3O4S/c1-4-24(16(2)3)15-17-6-8-18(9-7-17)22(27)23-20-14-19(10-11-21(20)26)25-12-5-13-30(25,28)29/h6-11,14,16,26H,4-5,12-13,15H2,1-3H3,(H,23,27). The summed E-state index contributed by atoms with van der Waals surface area (Å²) in [5.74, 6) is -0.376. The third-order valence-corrected chi connectivity index (χ3v) is 7.22. The number of benzene rings is 2. The lowest BCUT2D eigenvalue weighted by molar-refractivity contribution is 0.102. The molecule has 30 heavy (non-hydrogen) atoms. The van der Waals surface area contributed by atoms with E-state index in [9.17, 15) is 18.3 Å². The summed E-state index contributed by atoms with van der Waals surface area (Å²) < 4.78 is 25.6. The fourth-order valence-electron chi connectivity index (χ4n) is 3.56. The van der Waals surface area contributed by atoms with E-state index in [4.69, 9.17) is 0 Å². The van der Waals surface area contributed by atoms with Gasteiger partial charge in [-0.25, -0.2) is 8.42 Å². The Balaban J connectivity index is 1.73. The van der Waals surface area contributed by atoms with Crippen molar-refractivity contribution < 1.29 is 18.3 Å². The van der Waals surface area contributed by atoms with Gasteiger partial charge >= 0.3 is 0 Å². The lowest BCUT2D eigenvalue weighted by Gasteiger charge is -2.24. The van der Waals surface area contributed by atoms with Crippen molar-refractivity contribution in [3.63, 3.8) is 0 Å². The van der Waals surface area contributed by atoms with Crippen molar-refractivity contribution in [2.45, 2.75) is 39.8 Å². The second kappa shape index (κ2) is 9.06. The highest BCUT2D eigenvalue weighted by Crippen LogP contribution is 2.32. The minimum atomic E-state index is -3.34. The fourth-order valence-corrected chi connectivity index (χ4v) is 5.12. The summed E-state index contributed by atoms with van der Waals surface area (Å²) in [6.45, 7) is 8.58. The van der Waals surface area contributed by atoms with Crippen LogP contribution >= 0.6 is 0 Å². The molecule has 1 fully saturated rings. The Labute approximate surface area is 178 Å². The number of phenols is 1. The molecule has 0 spiro atoms. The average molecular weight is 432 g/mol. The van der Waals surface area contributed by atoms with E-state index in [1.165, 1.54) is 22.5 Å². The molecule has 0 aromatic heterocycles. The topological polar surface area (TPSA) is 90.0 Å². The molecule has 2 N–H and O–H groups in total. The first kappa shape index (κ1) is 22.1. The Bertz CT molecular complexity index is 1000. The summed E-state index contributed by atoms with van der Waals surface area (Å²) in [6, 6.07) is 12.2. The molecule has 1 amide bonds. The molecule has 0 radical (unpaired) electrons. The van der Waals surface area contributed by atoms with Crippen LogP contribution in [0, 0.1) is 0 Å².